The average Bonchev–Trinajstić information content (AvgIpc) is 2.67. The van der Waals surface area contributed by atoms with Crippen LogP contribution in [0.1, 0.15) is 32.5 Å². The Hall–Kier alpha value is -1.46. The standard InChI is InChI=1S/C8H15N5O/c1-3-6(2)4-8(14)9-5-7-10-12-13-11-7/h6H,3-5H2,1-2H3,(H,9,14)(H,10,11,12,13). The van der Waals surface area contributed by atoms with E-state index in [2.05, 4.69) is 32.9 Å². The van der Waals surface area contributed by atoms with E-state index in [9.17, 15) is 4.79 Å². The second-order valence-electron chi connectivity index (χ2n) is 3.32. The van der Waals surface area contributed by atoms with E-state index in [0.717, 1.165) is 6.42 Å². The van der Waals surface area contributed by atoms with Crippen LogP contribution in [-0.2, 0) is 11.3 Å². The maximum Gasteiger partial charge on any atom is 0.220 e. The Morgan fingerprint density at radius 1 is 1.64 bits per heavy atom. The number of aromatic amines is 1. The van der Waals surface area contributed by atoms with Crippen molar-refractivity contribution in [3.05, 3.63) is 5.82 Å². The molecule has 0 fully saturated rings. The second kappa shape index (κ2) is 5.31. The Morgan fingerprint density at radius 2 is 2.43 bits per heavy atom. The molecule has 1 unspecified atom stereocenters. The largest absolute Gasteiger partial charge is 0.349 e. The third kappa shape index (κ3) is 3.51. The zero-order chi connectivity index (χ0) is 10.4. The van der Waals surface area contributed by atoms with Gasteiger partial charge >= 0.3 is 0 Å². The minimum atomic E-state index is 0.0316. The van der Waals surface area contributed by atoms with Crippen molar-refractivity contribution in [2.45, 2.75) is 33.2 Å². The van der Waals surface area contributed by atoms with Crippen LogP contribution in [0.3, 0.4) is 0 Å². The van der Waals surface area contributed by atoms with E-state index in [-0.39, 0.29) is 5.91 Å². The van der Waals surface area contributed by atoms with Crippen molar-refractivity contribution in [1.29, 1.82) is 0 Å². The number of amides is 1. The molecule has 0 aliphatic carbocycles. The van der Waals surface area contributed by atoms with Crippen LogP contribution >= 0.6 is 0 Å². The smallest absolute Gasteiger partial charge is 0.220 e. The first-order valence-corrected chi connectivity index (χ1v) is 4.71. The molecule has 0 aromatic carbocycles. The number of aromatic nitrogens is 4. The zero-order valence-corrected chi connectivity index (χ0v) is 8.45. The number of nitrogens with zero attached hydrogens (tertiary/aromatic N) is 3. The lowest BCUT2D eigenvalue weighted by Crippen LogP contribution is -2.24. The van der Waals surface area contributed by atoms with Crippen LogP contribution in [0.4, 0.5) is 0 Å². The molecule has 0 spiro atoms. The van der Waals surface area contributed by atoms with E-state index in [1.807, 2.05) is 6.92 Å². The predicted octanol–water partition coefficient (Wildman–Crippen LogP) is 0.252. The molecule has 1 atom stereocenters. The van der Waals surface area contributed by atoms with Gasteiger partial charge in [-0.15, -0.1) is 10.2 Å². The average molecular weight is 197 g/mol. The monoisotopic (exact) mass is 197 g/mol. The molecule has 1 heterocycles. The minimum absolute atomic E-state index is 0.0316. The lowest BCUT2D eigenvalue weighted by atomic mass is 10.1. The molecule has 0 radical (unpaired) electrons. The van der Waals surface area contributed by atoms with Crippen molar-refractivity contribution in [1.82, 2.24) is 25.9 Å². The van der Waals surface area contributed by atoms with Crippen molar-refractivity contribution in [2.75, 3.05) is 0 Å². The van der Waals surface area contributed by atoms with Gasteiger partial charge in [0.25, 0.3) is 0 Å². The third-order valence-corrected chi connectivity index (χ3v) is 2.06. The molecule has 0 aliphatic rings. The summed E-state index contributed by atoms with van der Waals surface area (Å²) < 4.78 is 0. The fourth-order valence-corrected chi connectivity index (χ4v) is 0.968. The Labute approximate surface area is 82.5 Å². The van der Waals surface area contributed by atoms with Crippen LogP contribution in [0.2, 0.25) is 0 Å². The van der Waals surface area contributed by atoms with Gasteiger partial charge in [-0.1, -0.05) is 25.5 Å². The lowest BCUT2D eigenvalue weighted by Gasteiger charge is -2.07. The Kier molecular flexibility index (Phi) is 4.03. The molecule has 0 aliphatic heterocycles. The van der Waals surface area contributed by atoms with E-state index < -0.39 is 0 Å². The second-order valence-corrected chi connectivity index (χ2v) is 3.32. The van der Waals surface area contributed by atoms with Crippen molar-refractivity contribution in [3.8, 4) is 0 Å². The molecule has 6 heteroatoms. The van der Waals surface area contributed by atoms with Gasteiger partial charge in [-0.05, 0) is 5.92 Å². The maximum atomic E-state index is 11.3. The van der Waals surface area contributed by atoms with Crippen LogP contribution < -0.4 is 5.32 Å². The molecule has 0 saturated heterocycles. The highest BCUT2D eigenvalue weighted by atomic mass is 16.1. The van der Waals surface area contributed by atoms with Gasteiger partial charge in [0.05, 0.1) is 6.54 Å². The number of hydrogen-bond donors (Lipinski definition) is 2. The Bertz CT molecular complexity index is 271. The van der Waals surface area contributed by atoms with Crippen LogP contribution in [0.15, 0.2) is 0 Å². The van der Waals surface area contributed by atoms with E-state index >= 15 is 0 Å². The first-order valence-electron chi connectivity index (χ1n) is 4.71. The topological polar surface area (TPSA) is 83.6 Å². The van der Waals surface area contributed by atoms with Gasteiger partial charge in [-0.2, -0.15) is 5.21 Å². The van der Waals surface area contributed by atoms with Crippen LogP contribution in [0.25, 0.3) is 0 Å². The van der Waals surface area contributed by atoms with Crippen molar-refractivity contribution in [3.63, 3.8) is 0 Å². The van der Waals surface area contributed by atoms with E-state index in [0.29, 0.717) is 24.7 Å². The fraction of sp³-hybridized carbons (Fsp3) is 0.750. The summed E-state index contributed by atoms with van der Waals surface area (Å²) in [7, 11) is 0. The van der Waals surface area contributed by atoms with Crippen LogP contribution in [-0.4, -0.2) is 26.5 Å². The van der Waals surface area contributed by atoms with Crippen molar-refractivity contribution >= 4 is 5.91 Å². The van der Waals surface area contributed by atoms with Gasteiger partial charge in [-0.25, -0.2) is 0 Å². The van der Waals surface area contributed by atoms with Gasteiger partial charge in [0, 0.05) is 6.42 Å². The Morgan fingerprint density at radius 3 is 3.00 bits per heavy atom. The molecular weight excluding hydrogens is 182 g/mol. The number of H-pyrrole nitrogens is 1. The van der Waals surface area contributed by atoms with Gasteiger partial charge in [0.15, 0.2) is 5.82 Å². The maximum absolute atomic E-state index is 11.3. The number of carbonyl (C=O) groups is 1. The zero-order valence-electron chi connectivity index (χ0n) is 8.45. The van der Waals surface area contributed by atoms with E-state index in [4.69, 9.17) is 0 Å². The summed E-state index contributed by atoms with van der Waals surface area (Å²) in [6.45, 7) is 4.46. The molecule has 1 rings (SSSR count). The summed E-state index contributed by atoms with van der Waals surface area (Å²) >= 11 is 0. The quantitative estimate of drug-likeness (QED) is 0.708. The summed E-state index contributed by atoms with van der Waals surface area (Å²) in [4.78, 5) is 11.3. The SMILES string of the molecule is CCC(C)CC(=O)NCc1nn[nH]n1. The number of tetrazole rings is 1. The predicted molar refractivity (Wildman–Crippen MR) is 50.1 cm³/mol. The molecular formula is C8H15N5O. The molecule has 6 nitrogen and oxygen atoms in total. The van der Waals surface area contributed by atoms with Crippen LogP contribution in [0, 0.1) is 5.92 Å². The molecule has 78 valence electrons. The number of hydrogen-bond acceptors (Lipinski definition) is 4. The van der Waals surface area contributed by atoms with Crippen molar-refractivity contribution < 1.29 is 4.79 Å². The first-order chi connectivity index (χ1) is 6.72. The highest BCUT2D eigenvalue weighted by molar-refractivity contribution is 5.75. The van der Waals surface area contributed by atoms with Crippen molar-refractivity contribution in [2.24, 2.45) is 5.92 Å². The Balaban J connectivity index is 2.22. The summed E-state index contributed by atoms with van der Waals surface area (Å²) in [5.41, 5.74) is 0. The molecule has 0 saturated carbocycles. The summed E-state index contributed by atoms with van der Waals surface area (Å²) in [6.07, 6.45) is 1.56. The van der Waals surface area contributed by atoms with Crippen LogP contribution in [0.5, 0.6) is 0 Å². The van der Waals surface area contributed by atoms with Gasteiger partial charge in [0.1, 0.15) is 0 Å². The van der Waals surface area contributed by atoms with Gasteiger partial charge in [-0.3, -0.25) is 4.79 Å². The molecule has 1 amide bonds. The summed E-state index contributed by atoms with van der Waals surface area (Å²) in [6, 6.07) is 0. The van der Waals surface area contributed by atoms with E-state index in [1.165, 1.54) is 0 Å². The highest BCUT2D eigenvalue weighted by Crippen LogP contribution is 2.05. The summed E-state index contributed by atoms with van der Waals surface area (Å²) in [5.74, 6) is 0.951. The number of carbonyl (C=O) groups excluding carboxylic acids is 1. The third-order valence-electron chi connectivity index (χ3n) is 2.06. The van der Waals surface area contributed by atoms with E-state index in [1.54, 1.807) is 0 Å². The first kappa shape index (κ1) is 10.6. The van der Waals surface area contributed by atoms with Gasteiger partial charge < -0.3 is 5.32 Å². The number of rotatable bonds is 5. The fourth-order valence-electron chi connectivity index (χ4n) is 0.968. The van der Waals surface area contributed by atoms with Gasteiger partial charge in [0.2, 0.25) is 5.91 Å². The molecule has 1 aromatic rings. The number of nitrogens with one attached hydrogen (secondary N) is 2. The molecule has 1 aromatic heterocycles. The summed E-state index contributed by atoms with van der Waals surface area (Å²) in [5, 5.41) is 15.9. The highest BCUT2D eigenvalue weighted by Gasteiger charge is 2.07. The minimum Gasteiger partial charge on any atom is -0.349 e. The molecule has 0 bridgehead atoms. The lowest BCUT2D eigenvalue weighted by molar-refractivity contribution is -0.122. The normalized spacial score (nSPS) is 12.4. The molecule has 2 N–H and O–H groups in total. The molecule has 14 heavy (non-hydrogen) atoms.